The summed E-state index contributed by atoms with van der Waals surface area (Å²) in [5, 5.41) is 7.29. The summed E-state index contributed by atoms with van der Waals surface area (Å²) >= 11 is 0. The monoisotopic (exact) mass is 639 g/mol. The minimum atomic E-state index is -4.55. The van der Waals surface area contributed by atoms with E-state index in [1.807, 2.05) is 72.8 Å². The smallest absolute Gasteiger partial charge is 0.380 e. The van der Waals surface area contributed by atoms with E-state index in [0.29, 0.717) is 22.5 Å². The van der Waals surface area contributed by atoms with Crippen LogP contribution in [-0.2, 0) is 26.1 Å². The first-order chi connectivity index (χ1) is 21.5. The number of rotatable bonds is 5. The van der Waals surface area contributed by atoms with Crippen molar-refractivity contribution in [2.45, 2.75) is 5.88 Å². The first-order valence-corrected chi connectivity index (χ1v) is 17.0. The molecule has 1 aliphatic heterocycles. The minimum absolute atomic E-state index is 0.0274. The summed E-state index contributed by atoms with van der Waals surface area (Å²) in [6, 6.07) is 30.5. The van der Waals surface area contributed by atoms with E-state index in [1.54, 1.807) is 24.3 Å². The van der Waals surface area contributed by atoms with E-state index in [4.69, 9.17) is 9.15 Å². The molecule has 0 amide bonds. The number of oxazole rings is 1. The summed E-state index contributed by atoms with van der Waals surface area (Å²) in [6.45, 7) is 0. The van der Waals surface area contributed by atoms with Crippen LogP contribution in [0.1, 0.15) is 5.89 Å². The molecule has 2 N–H and O–H groups in total. The molecule has 0 fully saturated rings. The fraction of sp³-hybridized carbons (Fsp3) is 0.0606. The molecule has 0 radical (unpaired) electrons. The third kappa shape index (κ3) is 4.84. The lowest BCUT2D eigenvalue weighted by Crippen LogP contribution is -2.39. The van der Waals surface area contributed by atoms with Crippen molar-refractivity contribution in [1.29, 1.82) is 0 Å². The van der Waals surface area contributed by atoms with Gasteiger partial charge in [-0.2, -0.15) is 16.8 Å². The SMILES string of the molecule is O=S(=O)(O)CN1C(=Cc2oc3cc4ccc5ccccc5c4cc3[n+]2CS(=O)(=O)O)Oc2cc3ccc4ccccc4c3cc21. The Morgan fingerprint density at radius 1 is 0.689 bits per heavy atom. The van der Waals surface area contributed by atoms with E-state index in [1.165, 1.54) is 15.5 Å². The number of nitrogens with zero attached hydrogens (tertiary/aromatic N) is 2. The molecule has 0 aliphatic carbocycles. The molecule has 7 aromatic rings. The molecule has 12 heteroatoms. The highest BCUT2D eigenvalue weighted by Gasteiger charge is 2.34. The van der Waals surface area contributed by atoms with Crippen LogP contribution in [0, 0.1) is 0 Å². The van der Waals surface area contributed by atoms with E-state index in [9.17, 15) is 25.9 Å². The van der Waals surface area contributed by atoms with Gasteiger partial charge in [0, 0.05) is 6.07 Å². The summed E-state index contributed by atoms with van der Waals surface area (Å²) in [4.78, 5) is 1.28. The maximum atomic E-state index is 12.2. The zero-order valence-corrected chi connectivity index (χ0v) is 24.9. The minimum Gasteiger partial charge on any atom is -0.438 e. The zero-order valence-electron chi connectivity index (χ0n) is 23.3. The Hall–Kier alpha value is -5.01. The molecule has 45 heavy (non-hydrogen) atoms. The molecule has 224 valence electrons. The molecule has 0 unspecified atom stereocenters. The van der Waals surface area contributed by atoms with Crippen LogP contribution >= 0.6 is 0 Å². The van der Waals surface area contributed by atoms with E-state index >= 15 is 0 Å². The zero-order chi connectivity index (χ0) is 31.1. The second-order valence-corrected chi connectivity index (χ2v) is 13.8. The lowest BCUT2D eigenvalue weighted by atomic mass is 10.0. The van der Waals surface area contributed by atoms with Crippen LogP contribution in [0.25, 0.3) is 60.3 Å². The van der Waals surface area contributed by atoms with Gasteiger partial charge in [-0.15, -0.1) is 4.57 Å². The fourth-order valence-electron chi connectivity index (χ4n) is 6.12. The van der Waals surface area contributed by atoms with Gasteiger partial charge in [-0.1, -0.05) is 72.8 Å². The van der Waals surface area contributed by atoms with Crippen molar-refractivity contribution in [3.63, 3.8) is 0 Å². The van der Waals surface area contributed by atoms with Gasteiger partial charge in [0.25, 0.3) is 21.5 Å². The summed E-state index contributed by atoms with van der Waals surface area (Å²) in [6.07, 6.45) is 1.35. The molecule has 8 rings (SSSR count). The molecule has 0 bridgehead atoms. The van der Waals surface area contributed by atoms with E-state index in [0.717, 1.165) is 43.1 Å². The maximum absolute atomic E-state index is 12.2. The quantitative estimate of drug-likeness (QED) is 0.128. The molecular formula is C33H23N2O8S2+. The number of ether oxygens (including phenoxy) is 1. The van der Waals surface area contributed by atoms with Crippen LogP contribution in [0.4, 0.5) is 5.69 Å². The Labute approximate surface area is 256 Å². The topological polar surface area (TPSA) is 138 Å². The van der Waals surface area contributed by atoms with Crippen LogP contribution in [0.2, 0.25) is 0 Å². The second-order valence-electron chi connectivity index (χ2n) is 11.0. The highest BCUT2D eigenvalue weighted by molar-refractivity contribution is 7.85. The molecule has 0 saturated heterocycles. The van der Waals surface area contributed by atoms with Crippen LogP contribution in [0.5, 0.6) is 5.75 Å². The Morgan fingerprint density at radius 2 is 1.29 bits per heavy atom. The van der Waals surface area contributed by atoms with Crippen LogP contribution in [-0.4, -0.2) is 31.8 Å². The summed E-state index contributed by atoms with van der Waals surface area (Å²) in [5.74, 6) is -1.39. The molecule has 1 aliphatic rings. The molecule has 0 spiro atoms. The van der Waals surface area contributed by atoms with Gasteiger partial charge in [0.1, 0.15) is 6.08 Å². The molecule has 2 heterocycles. The van der Waals surface area contributed by atoms with E-state index in [-0.39, 0.29) is 11.8 Å². The predicted molar refractivity (Wildman–Crippen MR) is 172 cm³/mol. The van der Waals surface area contributed by atoms with Crippen molar-refractivity contribution in [1.82, 2.24) is 0 Å². The lowest BCUT2D eigenvalue weighted by molar-refractivity contribution is -0.658. The number of aromatic nitrogens is 1. The van der Waals surface area contributed by atoms with Gasteiger partial charge in [0.15, 0.2) is 11.6 Å². The van der Waals surface area contributed by atoms with Crippen LogP contribution < -0.4 is 14.2 Å². The normalized spacial score (nSPS) is 14.7. The first-order valence-electron chi connectivity index (χ1n) is 13.8. The van der Waals surface area contributed by atoms with Gasteiger partial charge in [-0.25, -0.2) is 0 Å². The second kappa shape index (κ2) is 9.74. The van der Waals surface area contributed by atoms with Crippen LogP contribution in [0.15, 0.2) is 107 Å². The highest BCUT2D eigenvalue weighted by atomic mass is 32.2. The fourth-order valence-corrected chi connectivity index (χ4v) is 7.30. The molecule has 1 aromatic heterocycles. The summed E-state index contributed by atoms with van der Waals surface area (Å²) < 4.78 is 82.1. The van der Waals surface area contributed by atoms with Crippen molar-refractivity contribution in [3.05, 3.63) is 109 Å². The van der Waals surface area contributed by atoms with Crippen molar-refractivity contribution in [3.8, 4) is 5.75 Å². The van der Waals surface area contributed by atoms with Crippen molar-refractivity contribution >= 4 is 86.2 Å². The van der Waals surface area contributed by atoms with Crippen molar-refractivity contribution in [2.24, 2.45) is 0 Å². The first kappa shape index (κ1) is 27.5. The van der Waals surface area contributed by atoms with Gasteiger partial charge < -0.3 is 9.15 Å². The van der Waals surface area contributed by atoms with Gasteiger partial charge in [0.05, 0.1) is 5.69 Å². The van der Waals surface area contributed by atoms with Gasteiger partial charge in [0.2, 0.25) is 11.5 Å². The number of fused-ring (bicyclic) bond motifs is 8. The molecule has 0 atom stereocenters. The standard InChI is InChI=1S/C33H22N2O8S2/c36-44(37,38)18-34-28-15-26-22(11-9-20-5-1-3-7-24(20)26)13-30(28)42-32(34)17-33-35(19-45(39,40)41)29-16-27-23(14-31(29)43-33)12-10-21-6-2-4-8-25(21)27/h1-17H,18-19H2,(H-,36,37,38,39,40,41)/p+1. The number of hydrogen-bond donors (Lipinski definition) is 2. The number of benzene rings is 6. The van der Waals surface area contributed by atoms with Crippen molar-refractivity contribution < 1.29 is 39.7 Å². The Kier molecular flexibility index (Phi) is 5.96. The number of hydrogen-bond acceptors (Lipinski definition) is 7. The molecule has 0 saturated carbocycles. The molecule has 6 aromatic carbocycles. The molecule has 10 nitrogen and oxygen atoms in total. The Morgan fingerprint density at radius 3 is 1.93 bits per heavy atom. The predicted octanol–water partition coefficient (Wildman–Crippen LogP) is 6.22. The Balaban J connectivity index is 1.35. The maximum Gasteiger partial charge on any atom is 0.380 e. The average molecular weight is 640 g/mol. The lowest BCUT2D eigenvalue weighted by Gasteiger charge is -2.16. The third-order valence-electron chi connectivity index (χ3n) is 8.02. The summed E-state index contributed by atoms with van der Waals surface area (Å²) in [7, 11) is -9.10. The number of anilines is 1. The van der Waals surface area contributed by atoms with Crippen LogP contribution in [0.3, 0.4) is 0 Å². The van der Waals surface area contributed by atoms with E-state index in [2.05, 4.69) is 0 Å². The van der Waals surface area contributed by atoms with Gasteiger partial charge in [-0.3, -0.25) is 14.0 Å². The largest absolute Gasteiger partial charge is 0.438 e. The third-order valence-corrected chi connectivity index (χ3v) is 9.19. The highest BCUT2D eigenvalue weighted by Crippen LogP contribution is 2.44. The van der Waals surface area contributed by atoms with Gasteiger partial charge in [-0.05, 0) is 61.3 Å². The molecular weight excluding hydrogens is 617 g/mol. The Bertz CT molecular complexity index is 2650. The van der Waals surface area contributed by atoms with E-state index < -0.39 is 32.0 Å². The summed E-state index contributed by atoms with van der Waals surface area (Å²) in [5.41, 5.74) is 1.11. The van der Waals surface area contributed by atoms with Gasteiger partial charge >= 0.3 is 16.0 Å². The average Bonchev–Trinajstić information content (AvgIpc) is 3.48. The van der Waals surface area contributed by atoms with Crippen molar-refractivity contribution in [2.75, 3.05) is 10.8 Å².